The number of hydrogen-bond donors (Lipinski definition) is 1. The first-order chi connectivity index (χ1) is 15.4. The van der Waals surface area contributed by atoms with Crippen molar-refractivity contribution in [3.8, 4) is 0 Å². The first-order valence-corrected chi connectivity index (χ1v) is 13.4. The third-order valence-electron chi connectivity index (χ3n) is 7.94. The molecule has 1 saturated heterocycles. The van der Waals surface area contributed by atoms with E-state index < -0.39 is 10.8 Å². The smallest absolute Gasteiger partial charge is 0.253 e. The number of ether oxygens (including phenoxy) is 1. The van der Waals surface area contributed by atoms with Gasteiger partial charge in [-0.2, -0.15) is 0 Å². The Morgan fingerprint density at radius 1 is 1.27 bits per heavy atom. The van der Waals surface area contributed by atoms with Gasteiger partial charge in [-0.05, 0) is 76.2 Å². The maximum Gasteiger partial charge on any atom is 0.253 e. The minimum Gasteiger partial charge on any atom is -0.376 e. The van der Waals surface area contributed by atoms with E-state index in [1.54, 1.807) is 11.5 Å². The zero-order chi connectivity index (χ0) is 24.4. The van der Waals surface area contributed by atoms with E-state index in [1.165, 1.54) is 0 Å². The summed E-state index contributed by atoms with van der Waals surface area (Å²) >= 11 is 1.57. The van der Waals surface area contributed by atoms with Gasteiger partial charge in [-0.1, -0.05) is 34.1 Å². The summed E-state index contributed by atoms with van der Waals surface area (Å²) in [4.78, 5) is 31.4. The number of hydrogen-bond acceptors (Lipinski definition) is 4. The zero-order valence-electron chi connectivity index (χ0n) is 21.6. The first kappa shape index (κ1) is 26.1. The van der Waals surface area contributed by atoms with Crippen molar-refractivity contribution in [2.24, 2.45) is 21.7 Å². The number of aryl methyl sites for hydroxylation is 1. The number of carbonyl (C=O) groups is 2. The molecular formula is C26H43N3O3S. The normalized spacial score (nSPS) is 27.8. The molecule has 3 rings (SSSR count). The molecule has 0 bridgehead atoms. The summed E-state index contributed by atoms with van der Waals surface area (Å²) < 4.78 is 8.67. The van der Waals surface area contributed by atoms with Crippen LogP contribution in [0, 0.1) is 16.7 Å². The molecule has 0 unspecified atom stereocenters. The molecule has 7 heteroatoms. The van der Waals surface area contributed by atoms with Crippen molar-refractivity contribution < 1.29 is 14.3 Å². The Morgan fingerprint density at radius 3 is 2.61 bits per heavy atom. The van der Waals surface area contributed by atoms with E-state index in [9.17, 15) is 9.59 Å². The molecule has 2 heterocycles. The molecule has 1 aromatic rings. The van der Waals surface area contributed by atoms with Gasteiger partial charge >= 0.3 is 0 Å². The van der Waals surface area contributed by atoms with Crippen LogP contribution in [0.2, 0.25) is 0 Å². The van der Waals surface area contributed by atoms with Crippen LogP contribution in [0.1, 0.15) is 92.6 Å². The van der Waals surface area contributed by atoms with Crippen LogP contribution >= 0.6 is 11.5 Å². The number of unbranched alkanes of at least 4 members (excludes halogenated alkanes) is 1. The fourth-order valence-corrected chi connectivity index (χ4v) is 6.07. The van der Waals surface area contributed by atoms with Crippen LogP contribution in [-0.2, 0) is 26.3 Å². The molecule has 6 nitrogen and oxygen atoms in total. The Labute approximate surface area is 203 Å². The van der Waals surface area contributed by atoms with Crippen LogP contribution in [0.4, 0.5) is 0 Å². The van der Waals surface area contributed by atoms with E-state index in [0.29, 0.717) is 19.4 Å². The first-order valence-electron chi connectivity index (χ1n) is 12.6. The maximum atomic E-state index is 13.7. The van der Waals surface area contributed by atoms with Crippen LogP contribution in [0.15, 0.2) is 11.2 Å². The molecule has 1 aromatic heterocycles. The predicted octanol–water partition coefficient (Wildman–Crippen LogP) is 4.81. The van der Waals surface area contributed by atoms with Crippen molar-refractivity contribution in [1.29, 1.82) is 0 Å². The fourth-order valence-electron chi connectivity index (χ4n) is 5.04. The molecule has 3 atom stereocenters. The average molecular weight is 478 g/mol. The molecule has 0 radical (unpaired) electrons. The van der Waals surface area contributed by atoms with Gasteiger partial charge in [-0.3, -0.25) is 13.5 Å². The van der Waals surface area contributed by atoms with Crippen molar-refractivity contribution in [3.63, 3.8) is 0 Å². The van der Waals surface area contributed by atoms with Gasteiger partial charge in [0, 0.05) is 36.4 Å². The minimum absolute atomic E-state index is 0.0392. The topological polar surface area (TPSA) is 72.7 Å². The van der Waals surface area contributed by atoms with Gasteiger partial charge in [0.25, 0.3) is 5.91 Å². The van der Waals surface area contributed by atoms with E-state index in [4.69, 9.17) is 9.73 Å². The molecule has 1 aliphatic carbocycles. The molecule has 0 spiro atoms. The standard InChI is InChI=1S/C26H43N3O3S/c1-8-9-11-18-17-29(24(2,3)4)33-22(18)28-23(31)26(7)14-13-20(25(26,5)6)21(30)27-16-19-12-10-15-32-19/h17,19-20H,8-16H2,1-7H3,(H,27,30)/t19-,20-,26+/m1/s1. The zero-order valence-corrected chi connectivity index (χ0v) is 22.4. The summed E-state index contributed by atoms with van der Waals surface area (Å²) in [5, 5.41) is 3.09. The molecule has 0 aromatic carbocycles. The van der Waals surface area contributed by atoms with Gasteiger partial charge in [0.05, 0.1) is 11.5 Å². The van der Waals surface area contributed by atoms with Crippen molar-refractivity contribution in [2.75, 3.05) is 13.2 Å². The van der Waals surface area contributed by atoms with Gasteiger partial charge in [-0.15, -0.1) is 0 Å². The Bertz CT molecular complexity index is 918. The maximum absolute atomic E-state index is 13.7. The van der Waals surface area contributed by atoms with Gasteiger partial charge in [0.2, 0.25) is 5.91 Å². The molecule has 2 aliphatic rings. The third kappa shape index (κ3) is 5.45. The van der Waals surface area contributed by atoms with Gasteiger partial charge in [-0.25, -0.2) is 4.99 Å². The van der Waals surface area contributed by atoms with E-state index in [0.717, 1.165) is 48.9 Å². The summed E-state index contributed by atoms with van der Waals surface area (Å²) in [7, 11) is 0. The average Bonchev–Trinajstić information content (AvgIpc) is 3.44. The van der Waals surface area contributed by atoms with Crippen LogP contribution in [-0.4, -0.2) is 35.0 Å². The quantitative estimate of drug-likeness (QED) is 0.612. The summed E-state index contributed by atoms with van der Waals surface area (Å²) in [5.41, 5.74) is -0.0482. The lowest BCUT2D eigenvalue weighted by Gasteiger charge is -2.38. The molecule has 186 valence electrons. The van der Waals surface area contributed by atoms with E-state index in [1.807, 2.05) is 6.92 Å². The highest BCUT2D eigenvalue weighted by atomic mass is 32.1. The SMILES string of the molecule is CCCCc1cn(C(C)(C)C)sc1=NC(=O)[C@]1(C)CC[C@H](C(=O)NC[C@H]2CCCO2)C1(C)C. The fraction of sp³-hybridized carbons (Fsp3) is 0.808. The number of rotatable bonds is 7. The van der Waals surface area contributed by atoms with Crippen LogP contribution in [0.5, 0.6) is 0 Å². The van der Waals surface area contributed by atoms with Gasteiger partial charge in [0.15, 0.2) is 0 Å². The molecule has 2 amide bonds. The third-order valence-corrected chi connectivity index (χ3v) is 9.32. The van der Waals surface area contributed by atoms with E-state index >= 15 is 0 Å². The molecule has 1 aliphatic heterocycles. The Balaban J connectivity index is 1.82. The lowest BCUT2D eigenvalue weighted by atomic mass is 9.65. The second kappa shape index (κ2) is 10.0. The van der Waals surface area contributed by atoms with E-state index in [2.05, 4.69) is 57.0 Å². The number of nitrogens with zero attached hydrogens (tertiary/aromatic N) is 2. The van der Waals surface area contributed by atoms with Crippen LogP contribution in [0.3, 0.4) is 0 Å². The second-order valence-electron chi connectivity index (χ2n) is 11.6. The van der Waals surface area contributed by atoms with Crippen molar-refractivity contribution in [3.05, 3.63) is 16.4 Å². The lowest BCUT2D eigenvalue weighted by Crippen LogP contribution is -2.46. The molecule has 33 heavy (non-hydrogen) atoms. The number of amides is 2. The highest BCUT2D eigenvalue weighted by molar-refractivity contribution is 7.04. The van der Waals surface area contributed by atoms with Gasteiger partial charge < -0.3 is 10.1 Å². The number of nitrogens with one attached hydrogen (secondary N) is 1. The molecule has 1 saturated carbocycles. The van der Waals surface area contributed by atoms with Crippen molar-refractivity contribution >= 4 is 23.3 Å². The Hall–Kier alpha value is -1.47. The highest BCUT2D eigenvalue weighted by Crippen LogP contribution is 2.56. The monoisotopic (exact) mass is 477 g/mol. The Kier molecular flexibility index (Phi) is 7.94. The molecule has 1 N–H and O–H groups in total. The Morgan fingerprint density at radius 2 is 2.00 bits per heavy atom. The second-order valence-corrected chi connectivity index (χ2v) is 12.6. The summed E-state index contributed by atoms with van der Waals surface area (Å²) in [6.07, 6.45) is 8.83. The summed E-state index contributed by atoms with van der Waals surface area (Å²) in [5.74, 6) is -0.259. The number of carbonyl (C=O) groups excluding carboxylic acids is 2. The molecule has 2 fully saturated rings. The van der Waals surface area contributed by atoms with Crippen molar-refractivity contribution in [2.45, 2.75) is 105 Å². The summed E-state index contributed by atoms with van der Waals surface area (Å²) in [6, 6.07) is 0. The van der Waals surface area contributed by atoms with Crippen molar-refractivity contribution in [1.82, 2.24) is 9.27 Å². The van der Waals surface area contributed by atoms with E-state index in [-0.39, 0.29) is 29.4 Å². The van der Waals surface area contributed by atoms with Crippen LogP contribution < -0.4 is 9.99 Å². The minimum atomic E-state index is -0.669. The van der Waals surface area contributed by atoms with Gasteiger partial charge in [0.1, 0.15) is 4.67 Å². The summed E-state index contributed by atoms with van der Waals surface area (Å²) in [6.45, 7) is 16.1. The van der Waals surface area contributed by atoms with Crippen LogP contribution in [0.25, 0.3) is 0 Å². The molecular weight excluding hydrogens is 434 g/mol. The number of aromatic nitrogens is 1. The highest BCUT2D eigenvalue weighted by Gasteiger charge is 2.58. The predicted molar refractivity (Wildman–Crippen MR) is 133 cm³/mol. The largest absolute Gasteiger partial charge is 0.376 e. The lowest BCUT2D eigenvalue weighted by molar-refractivity contribution is -0.136.